The zero-order chi connectivity index (χ0) is 12.8. The van der Waals surface area contributed by atoms with Crippen LogP contribution < -0.4 is 5.73 Å². The molecule has 0 amide bonds. The van der Waals surface area contributed by atoms with Crippen LogP contribution in [0, 0.1) is 5.92 Å². The molecule has 1 aromatic carbocycles. The van der Waals surface area contributed by atoms with E-state index in [1.165, 1.54) is 0 Å². The van der Waals surface area contributed by atoms with Crippen molar-refractivity contribution < 1.29 is 4.74 Å². The number of benzene rings is 1. The second kappa shape index (κ2) is 6.72. The highest BCUT2D eigenvalue weighted by Gasteiger charge is 2.08. The van der Waals surface area contributed by atoms with Crippen molar-refractivity contribution in [2.24, 2.45) is 11.7 Å². The number of hydrogen-bond acceptors (Lipinski definition) is 2. The maximum Gasteiger partial charge on any atom is 0.104 e. The molecule has 0 spiro atoms. The fourth-order valence-corrected chi connectivity index (χ4v) is 2.05. The van der Waals surface area contributed by atoms with E-state index in [-0.39, 0.29) is 6.10 Å². The molecule has 0 aromatic heterocycles. The lowest BCUT2D eigenvalue weighted by molar-refractivity contribution is 0.0396. The third-order valence-corrected chi connectivity index (χ3v) is 2.83. The van der Waals surface area contributed by atoms with Crippen LogP contribution >= 0.6 is 12.2 Å². The van der Waals surface area contributed by atoms with Gasteiger partial charge in [-0.3, -0.25) is 0 Å². The summed E-state index contributed by atoms with van der Waals surface area (Å²) in [6.45, 7) is 7.07. The number of nitrogens with two attached hydrogens (primary N) is 1. The molecule has 0 saturated heterocycles. The molecule has 0 bridgehead atoms. The predicted octanol–water partition coefficient (Wildman–Crippen LogP) is 3.27. The van der Waals surface area contributed by atoms with Crippen LogP contribution in [0.1, 0.15) is 38.3 Å². The van der Waals surface area contributed by atoms with E-state index in [0.717, 1.165) is 17.5 Å². The molecule has 0 aliphatic carbocycles. The van der Waals surface area contributed by atoms with Crippen LogP contribution in [-0.2, 0) is 11.3 Å². The standard InChI is InChI=1S/C14H21NOS/c1-10(2)8-11(3)16-9-12-6-4-5-7-13(12)14(15)17/h4-7,10-11H,8-9H2,1-3H3,(H2,15,17). The molecule has 2 nitrogen and oxygen atoms in total. The highest BCUT2D eigenvalue weighted by molar-refractivity contribution is 7.80. The Labute approximate surface area is 109 Å². The molecular weight excluding hydrogens is 230 g/mol. The molecule has 1 aromatic rings. The Kier molecular flexibility index (Phi) is 5.59. The monoisotopic (exact) mass is 251 g/mol. The lowest BCUT2D eigenvalue weighted by Gasteiger charge is -2.16. The molecule has 1 atom stereocenters. The van der Waals surface area contributed by atoms with E-state index in [4.69, 9.17) is 22.7 Å². The van der Waals surface area contributed by atoms with Gasteiger partial charge in [0.1, 0.15) is 4.99 Å². The Hall–Kier alpha value is -0.930. The molecule has 0 heterocycles. The van der Waals surface area contributed by atoms with Crippen molar-refractivity contribution in [1.82, 2.24) is 0 Å². The summed E-state index contributed by atoms with van der Waals surface area (Å²) in [5.41, 5.74) is 7.66. The summed E-state index contributed by atoms with van der Waals surface area (Å²) in [7, 11) is 0. The van der Waals surface area contributed by atoms with Gasteiger partial charge in [0, 0.05) is 5.56 Å². The van der Waals surface area contributed by atoms with Crippen LogP contribution in [0.5, 0.6) is 0 Å². The first kappa shape index (κ1) is 14.1. The van der Waals surface area contributed by atoms with E-state index in [0.29, 0.717) is 17.5 Å². The summed E-state index contributed by atoms with van der Waals surface area (Å²) >= 11 is 5.02. The highest BCUT2D eigenvalue weighted by Crippen LogP contribution is 2.14. The smallest absolute Gasteiger partial charge is 0.104 e. The van der Waals surface area contributed by atoms with Crippen molar-refractivity contribution in [2.75, 3.05) is 0 Å². The lowest BCUT2D eigenvalue weighted by atomic mass is 10.1. The largest absolute Gasteiger partial charge is 0.389 e. The van der Waals surface area contributed by atoms with Crippen molar-refractivity contribution >= 4 is 17.2 Å². The van der Waals surface area contributed by atoms with Gasteiger partial charge >= 0.3 is 0 Å². The summed E-state index contributed by atoms with van der Waals surface area (Å²) < 4.78 is 5.81. The molecule has 3 heteroatoms. The summed E-state index contributed by atoms with van der Waals surface area (Å²) in [5, 5.41) is 0. The minimum Gasteiger partial charge on any atom is -0.389 e. The first-order valence-corrected chi connectivity index (χ1v) is 6.40. The van der Waals surface area contributed by atoms with Crippen LogP contribution in [0.15, 0.2) is 24.3 Å². The van der Waals surface area contributed by atoms with Crippen LogP contribution in [-0.4, -0.2) is 11.1 Å². The molecule has 0 fully saturated rings. The summed E-state index contributed by atoms with van der Waals surface area (Å²) in [6, 6.07) is 7.87. The van der Waals surface area contributed by atoms with Crippen molar-refractivity contribution in [3.05, 3.63) is 35.4 Å². The highest BCUT2D eigenvalue weighted by atomic mass is 32.1. The maximum absolute atomic E-state index is 5.81. The van der Waals surface area contributed by atoms with Crippen LogP contribution in [0.3, 0.4) is 0 Å². The first-order valence-electron chi connectivity index (χ1n) is 6.00. The van der Waals surface area contributed by atoms with Crippen molar-refractivity contribution in [3.63, 3.8) is 0 Å². The summed E-state index contributed by atoms with van der Waals surface area (Å²) in [6.07, 6.45) is 1.32. The Morgan fingerprint density at radius 3 is 2.53 bits per heavy atom. The molecule has 0 saturated carbocycles. The SMILES string of the molecule is CC(C)CC(C)OCc1ccccc1C(N)=S. The molecule has 1 rings (SSSR count). The zero-order valence-corrected chi connectivity index (χ0v) is 11.6. The van der Waals surface area contributed by atoms with Gasteiger partial charge in [-0.2, -0.15) is 0 Å². The van der Waals surface area contributed by atoms with E-state index >= 15 is 0 Å². The Balaban J connectivity index is 2.60. The van der Waals surface area contributed by atoms with Crippen LogP contribution in [0.25, 0.3) is 0 Å². The second-order valence-corrected chi connectivity index (χ2v) is 5.21. The van der Waals surface area contributed by atoms with E-state index < -0.39 is 0 Å². The third-order valence-electron chi connectivity index (χ3n) is 2.61. The number of hydrogen-bond donors (Lipinski definition) is 1. The van der Waals surface area contributed by atoms with Crippen molar-refractivity contribution in [2.45, 2.75) is 39.9 Å². The van der Waals surface area contributed by atoms with E-state index in [1.54, 1.807) is 0 Å². The van der Waals surface area contributed by atoms with Gasteiger partial charge in [-0.1, -0.05) is 50.3 Å². The fraction of sp³-hybridized carbons (Fsp3) is 0.500. The van der Waals surface area contributed by atoms with Gasteiger partial charge in [-0.15, -0.1) is 0 Å². The molecule has 94 valence electrons. The second-order valence-electron chi connectivity index (χ2n) is 4.77. The Morgan fingerprint density at radius 2 is 1.94 bits per heavy atom. The van der Waals surface area contributed by atoms with E-state index in [2.05, 4.69) is 20.8 Å². The summed E-state index contributed by atoms with van der Waals surface area (Å²) in [5.74, 6) is 0.649. The van der Waals surface area contributed by atoms with Crippen LogP contribution in [0.4, 0.5) is 0 Å². The van der Waals surface area contributed by atoms with Crippen LogP contribution in [0.2, 0.25) is 0 Å². The molecule has 0 aliphatic rings. The fourth-order valence-electron chi connectivity index (χ4n) is 1.85. The maximum atomic E-state index is 5.81. The normalized spacial score (nSPS) is 12.7. The van der Waals surface area contributed by atoms with Gasteiger partial charge in [0.25, 0.3) is 0 Å². The molecular formula is C14H21NOS. The van der Waals surface area contributed by atoms with Crippen molar-refractivity contribution in [1.29, 1.82) is 0 Å². The summed E-state index contributed by atoms with van der Waals surface area (Å²) in [4.78, 5) is 0.431. The van der Waals surface area contributed by atoms with Gasteiger partial charge < -0.3 is 10.5 Å². The van der Waals surface area contributed by atoms with Gasteiger partial charge in [0.15, 0.2) is 0 Å². The minimum absolute atomic E-state index is 0.259. The molecule has 1 unspecified atom stereocenters. The number of rotatable bonds is 6. The van der Waals surface area contributed by atoms with Gasteiger partial charge in [0.2, 0.25) is 0 Å². The molecule has 17 heavy (non-hydrogen) atoms. The Morgan fingerprint density at radius 1 is 1.29 bits per heavy atom. The van der Waals surface area contributed by atoms with E-state index in [1.807, 2.05) is 24.3 Å². The minimum atomic E-state index is 0.259. The molecule has 0 radical (unpaired) electrons. The van der Waals surface area contributed by atoms with Gasteiger partial charge in [-0.05, 0) is 24.8 Å². The average Bonchev–Trinajstić information content (AvgIpc) is 2.25. The third kappa shape index (κ3) is 4.84. The average molecular weight is 251 g/mol. The van der Waals surface area contributed by atoms with E-state index in [9.17, 15) is 0 Å². The molecule has 2 N–H and O–H groups in total. The number of ether oxygens (including phenoxy) is 1. The zero-order valence-electron chi connectivity index (χ0n) is 10.8. The Bertz CT molecular complexity index is 376. The van der Waals surface area contributed by atoms with Crippen molar-refractivity contribution in [3.8, 4) is 0 Å². The lowest BCUT2D eigenvalue weighted by Crippen LogP contribution is -2.15. The topological polar surface area (TPSA) is 35.2 Å². The quantitative estimate of drug-likeness (QED) is 0.788. The predicted molar refractivity (Wildman–Crippen MR) is 76.0 cm³/mol. The van der Waals surface area contributed by atoms with Gasteiger partial charge in [0.05, 0.1) is 12.7 Å². The first-order chi connectivity index (χ1) is 8.00. The number of thiocarbonyl (C=S) groups is 1. The molecule has 0 aliphatic heterocycles. The van der Waals surface area contributed by atoms with Gasteiger partial charge in [-0.25, -0.2) is 0 Å².